The smallest absolute Gasteiger partial charge is 0.0512 e. The fourth-order valence-corrected chi connectivity index (χ4v) is 2.28. The average Bonchev–Trinajstić information content (AvgIpc) is 2.31. The van der Waals surface area contributed by atoms with Gasteiger partial charge in [0.2, 0.25) is 0 Å². The van der Waals surface area contributed by atoms with Crippen molar-refractivity contribution in [2.45, 2.75) is 33.1 Å². The van der Waals surface area contributed by atoms with Crippen molar-refractivity contribution in [2.24, 2.45) is 5.92 Å². The van der Waals surface area contributed by atoms with Crippen LogP contribution in [-0.4, -0.2) is 6.61 Å². The second kappa shape index (κ2) is 7.84. The van der Waals surface area contributed by atoms with E-state index < -0.39 is 0 Å². The molecule has 0 spiro atoms. The molecule has 0 aliphatic carbocycles. The Labute approximate surface area is 95.1 Å². The molecule has 0 fully saturated rings. The monoisotopic (exact) mass is 224 g/mol. The Bertz CT molecular complexity index is 244. The molecule has 0 saturated heterocycles. The number of rotatable bonds is 7. The Kier molecular flexibility index (Phi) is 6.63. The van der Waals surface area contributed by atoms with Gasteiger partial charge in [0.25, 0.3) is 0 Å². The highest BCUT2D eigenvalue weighted by Gasteiger charge is 2.02. The molecule has 1 atom stereocenters. The zero-order valence-electron chi connectivity index (χ0n) is 9.70. The van der Waals surface area contributed by atoms with Crippen molar-refractivity contribution in [1.82, 2.24) is 0 Å². The molecule has 1 aromatic rings. The van der Waals surface area contributed by atoms with Crippen LogP contribution in [0.25, 0.3) is 0 Å². The van der Waals surface area contributed by atoms with Crippen LogP contribution in [0.5, 0.6) is 0 Å². The zero-order chi connectivity index (χ0) is 10.9. The van der Waals surface area contributed by atoms with Gasteiger partial charge in [0.15, 0.2) is 0 Å². The Morgan fingerprint density at radius 2 is 1.80 bits per heavy atom. The highest BCUT2D eigenvalue weighted by atomic mass is 31.1. The molecule has 1 aromatic carbocycles. The molecule has 0 bridgehead atoms. The minimum absolute atomic E-state index is 0.507. The lowest BCUT2D eigenvalue weighted by atomic mass is 10.0. The molecule has 1 rings (SSSR count). The van der Waals surface area contributed by atoms with Crippen molar-refractivity contribution in [2.75, 3.05) is 6.61 Å². The molecule has 84 valence electrons. The fraction of sp³-hybridized carbons (Fsp3) is 0.538. The van der Waals surface area contributed by atoms with Crippen molar-refractivity contribution >= 4 is 14.1 Å². The Morgan fingerprint density at radius 3 is 2.40 bits per heavy atom. The average molecular weight is 224 g/mol. The summed E-state index contributed by atoms with van der Waals surface area (Å²) in [7, 11) is 0.507. The Balaban J connectivity index is 2.12. The third kappa shape index (κ3) is 5.30. The van der Waals surface area contributed by atoms with Crippen LogP contribution in [0.2, 0.25) is 0 Å². The maximum absolute atomic E-state index is 5.68. The summed E-state index contributed by atoms with van der Waals surface area (Å²) in [5.74, 6) is 0.838. The van der Waals surface area contributed by atoms with Crippen LogP contribution in [0.4, 0.5) is 0 Å². The van der Waals surface area contributed by atoms with Gasteiger partial charge in [-0.2, -0.15) is 0 Å². The molecular weight excluding hydrogens is 203 g/mol. The van der Waals surface area contributed by atoms with Crippen LogP contribution in [-0.2, 0) is 4.52 Å². The highest BCUT2D eigenvalue weighted by Crippen LogP contribution is 2.17. The predicted octanol–water partition coefficient (Wildman–Crippen LogP) is 3.75. The summed E-state index contributed by atoms with van der Waals surface area (Å²) < 4.78 is 5.68. The van der Waals surface area contributed by atoms with Gasteiger partial charge in [0.1, 0.15) is 0 Å². The van der Waals surface area contributed by atoms with E-state index in [9.17, 15) is 0 Å². The molecule has 0 N–H and O–H groups in total. The number of benzene rings is 1. The summed E-state index contributed by atoms with van der Waals surface area (Å²) in [6.07, 6.45) is 3.75. The molecule has 1 unspecified atom stereocenters. The number of hydrogen-bond acceptors (Lipinski definition) is 1. The lowest BCUT2D eigenvalue weighted by Gasteiger charge is -2.11. The van der Waals surface area contributed by atoms with Crippen molar-refractivity contribution in [3.63, 3.8) is 0 Å². The van der Waals surface area contributed by atoms with Gasteiger partial charge in [-0.05, 0) is 17.6 Å². The topological polar surface area (TPSA) is 9.23 Å². The van der Waals surface area contributed by atoms with Gasteiger partial charge < -0.3 is 4.52 Å². The molecule has 1 nitrogen and oxygen atoms in total. The van der Waals surface area contributed by atoms with Crippen LogP contribution in [0.3, 0.4) is 0 Å². The predicted molar refractivity (Wildman–Crippen MR) is 69.0 cm³/mol. The quantitative estimate of drug-likeness (QED) is 0.506. The molecule has 0 aromatic heterocycles. The van der Waals surface area contributed by atoms with Gasteiger partial charge in [-0.25, -0.2) is 0 Å². The minimum atomic E-state index is 0.507. The summed E-state index contributed by atoms with van der Waals surface area (Å²) in [6, 6.07) is 10.4. The van der Waals surface area contributed by atoms with Crippen LogP contribution in [0.15, 0.2) is 30.3 Å². The standard InChI is InChI=1S/C13H21OP/c1-3-12(4-2)10-11-14-15-13-8-6-5-7-9-13/h5-9,12,15H,3-4,10-11H2,1-2H3. The molecule has 0 amide bonds. The summed E-state index contributed by atoms with van der Waals surface area (Å²) in [5, 5.41) is 1.29. The van der Waals surface area contributed by atoms with E-state index in [1.165, 1.54) is 24.6 Å². The van der Waals surface area contributed by atoms with E-state index in [0.29, 0.717) is 8.81 Å². The second-order valence-corrected chi connectivity index (χ2v) is 4.86. The lowest BCUT2D eigenvalue weighted by molar-refractivity contribution is 0.304. The lowest BCUT2D eigenvalue weighted by Crippen LogP contribution is -2.02. The van der Waals surface area contributed by atoms with E-state index in [2.05, 4.69) is 38.1 Å². The normalized spacial score (nSPS) is 11.7. The zero-order valence-corrected chi connectivity index (χ0v) is 10.7. The van der Waals surface area contributed by atoms with Crippen LogP contribution in [0.1, 0.15) is 33.1 Å². The van der Waals surface area contributed by atoms with E-state index in [0.717, 1.165) is 12.5 Å². The first-order chi connectivity index (χ1) is 7.36. The van der Waals surface area contributed by atoms with Crippen LogP contribution in [0, 0.1) is 5.92 Å². The van der Waals surface area contributed by atoms with E-state index in [1.807, 2.05) is 6.07 Å². The fourth-order valence-electron chi connectivity index (χ4n) is 1.56. The van der Waals surface area contributed by atoms with Crippen LogP contribution >= 0.6 is 8.81 Å². The van der Waals surface area contributed by atoms with Crippen molar-refractivity contribution in [3.8, 4) is 0 Å². The Hall–Kier alpha value is -0.390. The summed E-state index contributed by atoms with van der Waals surface area (Å²) in [5.41, 5.74) is 0. The Morgan fingerprint density at radius 1 is 1.13 bits per heavy atom. The van der Waals surface area contributed by atoms with Gasteiger partial charge in [-0.3, -0.25) is 0 Å². The van der Waals surface area contributed by atoms with Crippen molar-refractivity contribution in [1.29, 1.82) is 0 Å². The van der Waals surface area contributed by atoms with Gasteiger partial charge in [-0.15, -0.1) is 0 Å². The second-order valence-electron chi connectivity index (χ2n) is 3.79. The number of hydrogen-bond donors (Lipinski definition) is 0. The molecule has 2 heteroatoms. The molecule has 0 aliphatic heterocycles. The molecule has 0 saturated carbocycles. The first-order valence-electron chi connectivity index (χ1n) is 5.79. The summed E-state index contributed by atoms with van der Waals surface area (Å²) in [6.45, 7) is 5.42. The largest absolute Gasteiger partial charge is 0.358 e. The SMILES string of the molecule is CCC(CC)CCOPc1ccccc1. The molecule has 15 heavy (non-hydrogen) atoms. The van der Waals surface area contributed by atoms with Crippen molar-refractivity contribution in [3.05, 3.63) is 30.3 Å². The maximum Gasteiger partial charge on any atom is 0.0512 e. The van der Waals surface area contributed by atoms with Gasteiger partial charge in [0, 0.05) is 8.81 Å². The van der Waals surface area contributed by atoms with Crippen LogP contribution < -0.4 is 5.30 Å². The summed E-state index contributed by atoms with van der Waals surface area (Å²) >= 11 is 0. The third-order valence-corrected chi connectivity index (χ3v) is 3.66. The van der Waals surface area contributed by atoms with Gasteiger partial charge in [0.05, 0.1) is 6.61 Å². The third-order valence-electron chi connectivity index (χ3n) is 2.75. The van der Waals surface area contributed by atoms with Gasteiger partial charge >= 0.3 is 0 Å². The van der Waals surface area contributed by atoms with E-state index in [1.54, 1.807) is 0 Å². The minimum Gasteiger partial charge on any atom is -0.358 e. The van der Waals surface area contributed by atoms with Gasteiger partial charge in [-0.1, -0.05) is 57.0 Å². The molecule has 0 radical (unpaired) electrons. The molecule has 0 aliphatic rings. The molecule has 0 heterocycles. The first kappa shape index (κ1) is 12.7. The first-order valence-corrected chi connectivity index (χ1v) is 6.70. The van der Waals surface area contributed by atoms with E-state index in [-0.39, 0.29) is 0 Å². The van der Waals surface area contributed by atoms with Crippen molar-refractivity contribution < 1.29 is 4.52 Å². The highest BCUT2D eigenvalue weighted by molar-refractivity contribution is 7.41. The maximum atomic E-state index is 5.68. The van der Waals surface area contributed by atoms with E-state index >= 15 is 0 Å². The molecular formula is C13H21OP. The summed E-state index contributed by atoms with van der Waals surface area (Å²) in [4.78, 5) is 0. The van der Waals surface area contributed by atoms with E-state index in [4.69, 9.17) is 4.52 Å².